The maximum atomic E-state index is 12.3. The van der Waals surface area contributed by atoms with Crippen molar-refractivity contribution in [1.29, 1.82) is 0 Å². The zero-order chi connectivity index (χ0) is 18.6. The second-order valence-corrected chi connectivity index (χ2v) is 7.19. The summed E-state index contributed by atoms with van der Waals surface area (Å²) in [7, 11) is 0. The third-order valence-electron chi connectivity index (χ3n) is 4.17. The Morgan fingerprint density at radius 3 is 2.16 bits per heavy atom. The van der Waals surface area contributed by atoms with Crippen molar-refractivity contribution in [1.82, 2.24) is 4.57 Å². The molecule has 0 saturated heterocycles. The van der Waals surface area contributed by atoms with Crippen molar-refractivity contribution < 1.29 is 14.3 Å². The molecule has 0 amide bonds. The Hall–Kier alpha value is -2.23. The minimum absolute atomic E-state index is 0.580. The first-order valence-electron chi connectivity index (χ1n) is 8.92. The summed E-state index contributed by atoms with van der Waals surface area (Å²) in [6.07, 6.45) is 1.06. The predicted molar refractivity (Wildman–Crippen MR) is 100 cm³/mol. The van der Waals surface area contributed by atoms with Gasteiger partial charge in [0, 0.05) is 11.3 Å². The van der Waals surface area contributed by atoms with Crippen LogP contribution in [-0.4, -0.2) is 16.3 Å². The summed E-state index contributed by atoms with van der Waals surface area (Å²) in [6, 6.07) is 10.2. The third kappa shape index (κ3) is 4.65. The summed E-state index contributed by atoms with van der Waals surface area (Å²) in [5.41, 5.74) is 4.06. The molecule has 0 saturated carbocycles. The first-order chi connectivity index (χ1) is 11.8. The van der Waals surface area contributed by atoms with Gasteiger partial charge >= 0.3 is 6.16 Å². The van der Waals surface area contributed by atoms with E-state index in [1.807, 2.05) is 39.0 Å². The topological polar surface area (TPSA) is 40.5 Å². The quantitative estimate of drug-likeness (QED) is 0.693. The van der Waals surface area contributed by atoms with Gasteiger partial charge in [-0.3, -0.25) is 0 Å². The number of ether oxygens (including phenoxy) is 2. The molecule has 0 fully saturated rings. The molecule has 25 heavy (non-hydrogen) atoms. The second-order valence-electron chi connectivity index (χ2n) is 7.19. The molecule has 136 valence electrons. The molecule has 0 spiro atoms. The van der Waals surface area contributed by atoms with Gasteiger partial charge in [0.25, 0.3) is 0 Å². The molecule has 0 bridgehead atoms. The van der Waals surface area contributed by atoms with E-state index in [0.29, 0.717) is 12.4 Å². The van der Waals surface area contributed by atoms with Crippen molar-refractivity contribution in [3.63, 3.8) is 0 Å². The van der Waals surface area contributed by atoms with Crippen LogP contribution in [0, 0.1) is 6.92 Å². The van der Waals surface area contributed by atoms with Gasteiger partial charge in [-0.1, -0.05) is 44.2 Å². The van der Waals surface area contributed by atoms with Gasteiger partial charge in [-0.05, 0) is 51.7 Å². The minimum Gasteiger partial charge on any atom is -0.428 e. The summed E-state index contributed by atoms with van der Waals surface area (Å²) in [5.74, 6) is 0.606. The number of carbonyl (C=O) groups is 1. The zero-order valence-electron chi connectivity index (χ0n) is 16.2. The van der Waals surface area contributed by atoms with Crippen LogP contribution in [0.15, 0.2) is 30.3 Å². The van der Waals surface area contributed by atoms with Gasteiger partial charge in [-0.2, -0.15) is 0 Å². The first-order valence-corrected chi connectivity index (χ1v) is 8.92. The average molecular weight is 343 g/mol. The molecule has 0 N–H and O–H groups in total. The van der Waals surface area contributed by atoms with Gasteiger partial charge in [-0.25, -0.2) is 4.79 Å². The molecule has 4 nitrogen and oxygen atoms in total. The average Bonchev–Trinajstić information content (AvgIpc) is 2.78. The van der Waals surface area contributed by atoms with Crippen LogP contribution in [0.5, 0.6) is 5.88 Å². The lowest BCUT2D eigenvalue weighted by Gasteiger charge is -2.20. The van der Waals surface area contributed by atoms with Crippen molar-refractivity contribution in [2.75, 3.05) is 0 Å². The fourth-order valence-electron chi connectivity index (χ4n) is 3.08. The highest BCUT2D eigenvalue weighted by atomic mass is 16.7. The summed E-state index contributed by atoms with van der Waals surface area (Å²) >= 11 is 0. The highest BCUT2D eigenvalue weighted by molar-refractivity contribution is 5.65. The number of hydrogen-bond donors (Lipinski definition) is 0. The van der Waals surface area contributed by atoms with Crippen molar-refractivity contribution in [3.05, 3.63) is 52.7 Å². The molecule has 1 heterocycles. The van der Waals surface area contributed by atoms with Crippen LogP contribution >= 0.6 is 0 Å². The molecule has 4 heteroatoms. The lowest BCUT2D eigenvalue weighted by molar-refractivity contribution is 0.0188. The number of carbonyl (C=O) groups excluding carboxylic acids is 1. The van der Waals surface area contributed by atoms with Gasteiger partial charge in [0.1, 0.15) is 5.60 Å². The molecule has 0 radical (unpaired) electrons. The molecular formula is C21H29NO3. The second kappa shape index (κ2) is 7.77. The number of aromatic nitrogens is 1. The van der Waals surface area contributed by atoms with E-state index in [2.05, 4.69) is 37.5 Å². The molecule has 1 aromatic carbocycles. The smallest absolute Gasteiger partial charge is 0.428 e. The number of nitrogens with zero attached hydrogens (tertiary/aromatic N) is 1. The van der Waals surface area contributed by atoms with Gasteiger partial charge in [0.15, 0.2) is 0 Å². The zero-order valence-corrected chi connectivity index (χ0v) is 16.2. The van der Waals surface area contributed by atoms with Crippen molar-refractivity contribution in [3.8, 4) is 5.88 Å². The lowest BCUT2D eigenvalue weighted by atomic mass is 10.1. The summed E-state index contributed by atoms with van der Waals surface area (Å²) in [6.45, 7) is 12.5. The van der Waals surface area contributed by atoms with Crippen LogP contribution in [0.2, 0.25) is 0 Å². The van der Waals surface area contributed by atoms with E-state index in [4.69, 9.17) is 9.47 Å². The molecule has 0 unspecified atom stereocenters. The van der Waals surface area contributed by atoms with Crippen LogP contribution < -0.4 is 4.74 Å². The highest BCUT2D eigenvalue weighted by Gasteiger charge is 2.25. The van der Waals surface area contributed by atoms with E-state index in [9.17, 15) is 4.79 Å². The number of benzene rings is 1. The molecular weight excluding hydrogens is 314 g/mol. The molecule has 2 aromatic rings. The van der Waals surface area contributed by atoms with E-state index in [1.165, 1.54) is 11.1 Å². The SMILES string of the molecule is CCc1c(CC)c(OC(=O)OC(C)(C)C)n(Cc2ccccc2)c1C. The van der Waals surface area contributed by atoms with Gasteiger partial charge in [0.2, 0.25) is 5.88 Å². The Morgan fingerprint density at radius 1 is 1.04 bits per heavy atom. The Kier molecular flexibility index (Phi) is 5.93. The lowest BCUT2D eigenvalue weighted by Crippen LogP contribution is -2.26. The van der Waals surface area contributed by atoms with Crippen LogP contribution in [-0.2, 0) is 24.1 Å². The van der Waals surface area contributed by atoms with E-state index in [-0.39, 0.29) is 0 Å². The number of hydrogen-bond acceptors (Lipinski definition) is 3. The van der Waals surface area contributed by atoms with Crippen LogP contribution in [0.1, 0.15) is 57.0 Å². The standard InChI is InChI=1S/C21H29NO3/c1-7-17-15(3)22(14-16-12-10-9-11-13-16)19(18(17)8-2)24-20(23)25-21(4,5)6/h9-13H,7-8,14H2,1-6H3. The Bertz CT molecular complexity index is 724. The van der Waals surface area contributed by atoms with E-state index >= 15 is 0 Å². The molecule has 0 atom stereocenters. The van der Waals surface area contributed by atoms with Crippen LogP contribution in [0.25, 0.3) is 0 Å². The molecule has 0 aliphatic rings. The summed E-state index contributed by atoms with van der Waals surface area (Å²) in [5, 5.41) is 0. The third-order valence-corrected chi connectivity index (χ3v) is 4.17. The van der Waals surface area contributed by atoms with E-state index < -0.39 is 11.8 Å². The fourth-order valence-corrected chi connectivity index (χ4v) is 3.08. The molecule has 0 aliphatic heterocycles. The normalized spacial score (nSPS) is 11.4. The maximum Gasteiger partial charge on any atom is 0.515 e. The van der Waals surface area contributed by atoms with Crippen LogP contribution in [0.4, 0.5) is 4.79 Å². The molecule has 0 aliphatic carbocycles. The van der Waals surface area contributed by atoms with Crippen molar-refractivity contribution in [2.24, 2.45) is 0 Å². The van der Waals surface area contributed by atoms with Crippen molar-refractivity contribution in [2.45, 2.75) is 66.5 Å². The maximum absolute atomic E-state index is 12.3. The first kappa shape index (κ1) is 19.1. The van der Waals surface area contributed by atoms with E-state index in [1.54, 1.807) is 0 Å². The van der Waals surface area contributed by atoms with E-state index in [0.717, 1.165) is 24.1 Å². The Labute approximate surface area is 150 Å². The summed E-state index contributed by atoms with van der Waals surface area (Å²) < 4.78 is 13.1. The van der Waals surface area contributed by atoms with Gasteiger partial charge in [-0.15, -0.1) is 0 Å². The monoisotopic (exact) mass is 343 g/mol. The van der Waals surface area contributed by atoms with Crippen LogP contribution in [0.3, 0.4) is 0 Å². The predicted octanol–water partition coefficient (Wildman–Crippen LogP) is 5.28. The minimum atomic E-state index is -0.656. The summed E-state index contributed by atoms with van der Waals surface area (Å²) in [4.78, 5) is 12.3. The van der Waals surface area contributed by atoms with Gasteiger partial charge in [0.05, 0.1) is 6.54 Å². The van der Waals surface area contributed by atoms with Gasteiger partial charge < -0.3 is 14.0 Å². The Balaban J connectivity index is 2.42. The highest BCUT2D eigenvalue weighted by Crippen LogP contribution is 2.32. The van der Waals surface area contributed by atoms with Crippen molar-refractivity contribution >= 4 is 6.16 Å². The molecule has 2 rings (SSSR count). The Morgan fingerprint density at radius 2 is 1.64 bits per heavy atom. The fraction of sp³-hybridized carbons (Fsp3) is 0.476. The number of rotatable bonds is 5. The largest absolute Gasteiger partial charge is 0.515 e. The molecule has 1 aromatic heterocycles.